The number of nitrogens with zero attached hydrogens (tertiary/aromatic N) is 1. The minimum Gasteiger partial charge on any atom is -0.472 e. The van der Waals surface area contributed by atoms with Crippen LogP contribution >= 0.6 is 11.8 Å². The normalized spacial score (nSPS) is 12.1. The molecule has 0 aromatic carbocycles. The van der Waals surface area contributed by atoms with E-state index in [1.54, 1.807) is 24.4 Å². The van der Waals surface area contributed by atoms with Gasteiger partial charge in [0.05, 0.1) is 24.2 Å². The lowest BCUT2D eigenvalue weighted by Crippen LogP contribution is -2.26. The molecule has 1 amide bonds. The summed E-state index contributed by atoms with van der Waals surface area (Å²) in [6.45, 7) is 0.383. The Balaban J connectivity index is 1.86. The van der Waals surface area contributed by atoms with Crippen LogP contribution < -0.4 is 5.32 Å². The Bertz CT molecular complexity index is 557. The molecule has 6 heteroatoms. The second-order valence-electron chi connectivity index (χ2n) is 4.18. The Morgan fingerprint density at radius 3 is 3.10 bits per heavy atom. The number of carbonyl (C=O) groups is 1. The minimum atomic E-state index is -0.636. The highest BCUT2D eigenvalue weighted by molar-refractivity contribution is 7.98. The molecule has 0 radical (unpaired) electrons. The van der Waals surface area contributed by atoms with Crippen molar-refractivity contribution in [3.05, 3.63) is 48.0 Å². The number of furan rings is 1. The van der Waals surface area contributed by atoms with E-state index in [9.17, 15) is 9.90 Å². The lowest BCUT2D eigenvalue weighted by Gasteiger charge is -2.10. The summed E-state index contributed by atoms with van der Waals surface area (Å²) in [7, 11) is 0. The summed E-state index contributed by atoms with van der Waals surface area (Å²) in [5.41, 5.74) is 1.27. The standard InChI is InChI=1S/C14H16N2O3S/c1-20-14-11(3-2-6-16-14)13(18)15-7-4-12(17)10-5-8-19-9-10/h2-3,5-6,8-9,12,17H,4,7H2,1H3,(H,15,18). The third-order valence-electron chi connectivity index (χ3n) is 2.84. The van der Waals surface area contributed by atoms with Gasteiger partial charge in [-0.2, -0.15) is 0 Å². The number of nitrogens with one attached hydrogen (secondary N) is 1. The van der Waals surface area contributed by atoms with Gasteiger partial charge in [-0.15, -0.1) is 11.8 Å². The summed E-state index contributed by atoms with van der Waals surface area (Å²) in [4.78, 5) is 16.2. The van der Waals surface area contributed by atoms with Crippen LogP contribution in [-0.2, 0) is 0 Å². The minimum absolute atomic E-state index is 0.179. The summed E-state index contributed by atoms with van der Waals surface area (Å²) in [5.74, 6) is -0.179. The number of hydrogen-bond donors (Lipinski definition) is 2. The van der Waals surface area contributed by atoms with Gasteiger partial charge in [0.25, 0.3) is 5.91 Å². The van der Waals surface area contributed by atoms with Crippen molar-refractivity contribution >= 4 is 17.7 Å². The van der Waals surface area contributed by atoms with E-state index in [1.807, 2.05) is 6.26 Å². The number of amides is 1. The number of aromatic nitrogens is 1. The predicted octanol–water partition coefficient (Wildman–Crippen LogP) is 2.25. The highest BCUT2D eigenvalue weighted by Gasteiger charge is 2.13. The van der Waals surface area contributed by atoms with Crippen LogP contribution in [0.2, 0.25) is 0 Å². The molecule has 106 valence electrons. The summed E-state index contributed by atoms with van der Waals surface area (Å²) in [6, 6.07) is 5.18. The number of aliphatic hydroxyl groups is 1. The molecule has 1 atom stereocenters. The lowest BCUT2D eigenvalue weighted by molar-refractivity contribution is 0.0939. The molecule has 2 aromatic heterocycles. The van der Waals surface area contributed by atoms with Crippen molar-refractivity contribution in [1.29, 1.82) is 0 Å². The van der Waals surface area contributed by atoms with Gasteiger partial charge >= 0.3 is 0 Å². The Kier molecular flexibility index (Phi) is 5.20. The van der Waals surface area contributed by atoms with Crippen molar-refractivity contribution in [2.75, 3.05) is 12.8 Å². The van der Waals surface area contributed by atoms with Crippen LogP contribution in [0.3, 0.4) is 0 Å². The van der Waals surface area contributed by atoms with Gasteiger partial charge in [-0.05, 0) is 30.9 Å². The average Bonchev–Trinajstić information content (AvgIpc) is 3.01. The molecular weight excluding hydrogens is 276 g/mol. The zero-order valence-corrected chi connectivity index (χ0v) is 11.9. The van der Waals surface area contributed by atoms with E-state index < -0.39 is 6.10 Å². The van der Waals surface area contributed by atoms with Crippen LogP contribution in [0.25, 0.3) is 0 Å². The molecule has 0 fully saturated rings. The van der Waals surface area contributed by atoms with Crippen LogP contribution in [0.4, 0.5) is 0 Å². The monoisotopic (exact) mass is 292 g/mol. The zero-order valence-electron chi connectivity index (χ0n) is 11.1. The van der Waals surface area contributed by atoms with Crippen LogP contribution in [0.5, 0.6) is 0 Å². The highest BCUT2D eigenvalue weighted by atomic mass is 32.2. The second kappa shape index (κ2) is 7.12. The van der Waals surface area contributed by atoms with Crippen molar-refractivity contribution in [2.45, 2.75) is 17.6 Å². The Morgan fingerprint density at radius 2 is 2.40 bits per heavy atom. The van der Waals surface area contributed by atoms with Gasteiger partial charge in [-0.25, -0.2) is 4.98 Å². The van der Waals surface area contributed by atoms with Crippen molar-refractivity contribution in [3.8, 4) is 0 Å². The van der Waals surface area contributed by atoms with Crippen LogP contribution in [0, 0.1) is 0 Å². The first-order valence-corrected chi connectivity index (χ1v) is 7.42. The SMILES string of the molecule is CSc1ncccc1C(=O)NCCC(O)c1ccoc1. The van der Waals surface area contributed by atoms with Gasteiger partial charge in [0.2, 0.25) is 0 Å². The second-order valence-corrected chi connectivity index (χ2v) is 4.97. The quantitative estimate of drug-likeness (QED) is 0.799. The van der Waals surface area contributed by atoms with Crippen LogP contribution in [0.15, 0.2) is 46.4 Å². The molecule has 0 spiro atoms. The van der Waals surface area contributed by atoms with E-state index in [1.165, 1.54) is 24.3 Å². The van der Waals surface area contributed by atoms with Crippen molar-refractivity contribution in [3.63, 3.8) is 0 Å². The fraction of sp³-hybridized carbons (Fsp3) is 0.286. The summed E-state index contributed by atoms with van der Waals surface area (Å²) in [5, 5.41) is 13.3. The number of thioether (sulfide) groups is 1. The Labute approximate surface area is 121 Å². The van der Waals surface area contributed by atoms with E-state index in [0.29, 0.717) is 29.1 Å². The number of rotatable bonds is 6. The largest absolute Gasteiger partial charge is 0.472 e. The molecule has 0 aliphatic rings. The van der Waals surface area contributed by atoms with E-state index in [0.717, 1.165) is 0 Å². The lowest BCUT2D eigenvalue weighted by atomic mass is 10.1. The van der Waals surface area contributed by atoms with Gasteiger partial charge in [0.15, 0.2) is 0 Å². The average molecular weight is 292 g/mol. The maximum atomic E-state index is 12.0. The molecule has 2 heterocycles. The Morgan fingerprint density at radius 1 is 1.55 bits per heavy atom. The summed E-state index contributed by atoms with van der Waals surface area (Å²) >= 11 is 1.43. The van der Waals surface area contributed by atoms with Gasteiger partial charge < -0.3 is 14.8 Å². The first-order valence-electron chi connectivity index (χ1n) is 6.19. The van der Waals surface area contributed by atoms with Crippen molar-refractivity contribution < 1.29 is 14.3 Å². The molecule has 20 heavy (non-hydrogen) atoms. The molecule has 1 unspecified atom stereocenters. The summed E-state index contributed by atoms with van der Waals surface area (Å²) in [6.07, 6.45) is 6.34. The van der Waals surface area contributed by atoms with Crippen molar-refractivity contribution in [1.82, 2.24) is 10.3 Å². The smallest absolute Gasteiger partial charge is 0.254 e. The van der Waals surface area contributed by atoms with E-state index in [4.69, 9.17) is 4.42 Å². The molecule has 2 N–H and O–H groups in total. The van der Waals surface area contributed by atoms with Crippen molar-refractivity contribution in [2.24, 2.45) is 0 Å². The first kappa shape index (κ1) is 14.6. The first-order chi connectivity index (χ1) is 9.72. The third kappa shape index (κ3) is 3.61. The van der Waals surface area contributed by atoms with Gasteiger partial charge in [-0.1, -0.05) is 0 Å². The molecular formula is C14H16N2O3S. The zero-order chi connectivity index (χ0) is 14.4. The number of hydrogen-bond acceptors (Lipinski definition) is 5. The molecule has 0 saturated carbocycles. The van der Waals surface area contributed by atoms with Crippen LogP contribution in [0.1, 0.15) is 28.4 Å². The molecule has 0 saturated heterocycles. The fourth-order valence-electron chi connectivity index (χ4n) is 1.78. The molecule has 2 rings (SSSR count). The van der Waals surface area contributed by atoms with E-state index in [2.05, 4.69) is 10.3 Å². The topological polar surface area (TPSA) is 75.4 Å². The number of carbonyl (C=O) groups excluding carboxylic acids is 1. The number of pyridine rings is 1. The van der Waals surface area contributed by atoms with Crippen LogP contribution in [-0.4, -0.2) is 28.8 Å². The molecule has 0 bridgehead atoms. The maximum Gasteiger partial charge on any atom is 0.254 e. The highest BCUT2D eigenvalue weighted by Crippen LogP contribution is 2.18. The van der Waals surface area contributed by atoms with Gasteiger partial charge in [0, 0.05) is 18.3 Å². The predicted molar refractivity (Wildman–Crippen MR) is 76.6 cm³/mol. The number of aliphatic hydroxyl groups excluding tert-OH is 1. The van der Waals surface area contributed by atoms with Gasteiger partial charge in [0.1, 0.15) is 5.03 Å². The summed E-state index contributed by atoms with van der Waals surface area (Å²) < 4.78 is 4.90. The van der Waals surface area contributed by atoms with E-state index >= 15 is 0 Å². The van der Waals surface area contributed by atoms with Gasteiger partial charge in [-0.3, -0.25) is 4.79 Å². The molecule has 0 aliphatic heterocycles. The molecule has 5 nitrogen and oxygen atoms in total. The maximum absolute atomic E-state index is 12.0. The third-order valence-corrected chi connectivity index (χ3v) is 3.55. The Hall–Kier alpha value is -1.79. The molecule has 2 aromatic rings. The fourth-order valence-corrected chi connectivity index (χ4v) is 2.32. The molecule has 0 aliphatic carbocycles. The van der Waals surface area contributed by atoms with E-state index in [-0.39, 0.29) is 5.91 Å².